The zero-order chi connectivity index (χ0) is 13.1. The Hall–Kier alpha value is -1.59. The van der Waals surface area contributed by atoms with Gasteiger partial charge in [0.25, 0.3) is 0 Å². The molecular formula is C14H15NO3S. The topological polar surface area (TPSA) is 51.6 Å². The van der Waals surface area contributed by atoms with Gasteiger partial charge in [-0.15, -0.1) is 11.3 Å². The van der Waals surface area contributed by atoms with E-state index in [9.17, 15) is 0 Å². The summed E-state index contributed by atoms with van der Waals surface area (Å²) in [4.78, 5) is 4.50. The Morgan fingerprint density at radius 3 is 2.89 bits per heavy atom. The Bertz CT molecular complexity index is 568. The number of benzene rings is 1. The van der Waals surface area contributed by atoms with Gasteiger partial charge in [0.05, 0.1) is 18.9 Å². The zero-order valence-corrected chi connectivity index (χ0v) is 11.3. The molecule has 0 bridgehead atoms. The molecule has 0 saturated heterocycles. The molecule has 0 radical (unpaired) electrons. The predicted octanol–water partition coefficient (Wildman–Crippen LogP) is 2.51. The van der Waals surface area contributed by atoms with Crippen molar-refractivity contribution in [3.63, 3.8) is 0 Å². The van der Waals surface area contributed by atoms with Gasteiger partial charge < -0.3 is 14.6 Å². The summed E-state index contributed by atoms with van der Waals surface area (Å²) in [6.07, 6.45) is 1.50. The fourth-order valence-electron chi connectivity index (χ4n) is 1.97. The van der Waals surface area contributed by atoms with Crippen molar-refractivity contribution >= 4 is 11.3 Å². The van der Waals surface area contributed by atoms with Crippen LogP contribution in [0.25, 0.3) is 10.6 Å². The predicted molar refractivity (Wildman–Crippen MR) is 73.9 cm³/mol. The highest BCUT2D eigenvalue weighted by molar-refractivity contribution is 7.13. The molecule has 0 spiro atoms. The van der Waals surface area contributed by atoms with Crippen molar-refractivity contribution in [1.82, 2.24) is 4.98 Å². The molecular weight excluding hydrogens is 262 g/mol. The summed E-state index contributed by atoms with van der Waals surface area (Å²) in [6.45, 7) is 1.51. The lowest BCUT2D eigenvalue weighted by molar-refractivity contribution is 0.297. The molecule has 5 heteroatoms. The first kappa shape index (κ1) is 12.4. The Morgan fingerprint density at radius 2 is 2.05 bits per heavy atom. The first-order valence-electron chi connectivity index (χ1n) is 6.32. The minimum absolute atomic E-state index is 0.129. The second-order valence-corrected chi connectivity index (χ2v) is 5.19. The van der Waals surface area contributed by atoms with Crippen molar-refractivity contribution in [3.05, 3.63) is 29.3 Å². The summed E-state index contributed by atoms with van der Waals surface area (Å²) < 4.78 is 11.3. The van der Waals surface area contributed by atoms with Gasteiger partial charge in [-0.2, -0.15) is 0 Å². The SMILES string of the molecule is OCCc1csc(-c2ccc3c(c2)OCCCO3)n1. The summed E-state index contributed by atoms with van der Waals surface area (Å²) in [5, 5.41) is 11.8. The fourth-order valence-corrected chi connectivity index (χ4v) is 2.82. The van der Waals surface area contributed by atoms with E-state index in [0.717, 1.165) is 34.2 Å². The highest BCUT2D eigenvalue weighted by Gasteiger charge is 2.13. The third-order valence-electron chi connectivity index (χ3n) is 2.91. The van der Waals surface area contributed by atoms with Gasteiger partial charge in [-0.1, -0.05) is 0 Å². The number of aliphatic hydroxyl groups excluding tert-OH is 1. The maximum atomic E-state index is 8.92. The number of ether oxygens (including phenoxy) is 2. The van der Waals surface area contributed by atoms with Crippen LogP contribution in [-0.2, 0) is 6.42 Å². The molecule has 0 unspecified atom stereocenters. The molecule has 1 aromatic heterocycles. The van der Waals surface area contributed by atoms with E-state index in [1.54, 1.807) is 11.3 Å². The van der Waals surface area contributed by atoms with E-state index in [-0.39, 0.29) is 6.61 Å². The molecule has 1 aliphatic heterocycles. The van der Waals surface area contributed by atoms with Gasteiger partial charge >= 0.3 is 0 Å². The number of aromatic nitrogens is 1. The summed E-state index contributed by atoms with van der Waals surface area (Å²) in [7, 11) is 0. The van der Waals surface area contributed by atoms with Crippen LogP contribution in [0.5, 0.6) is 11.5 Å². The molecule has 19 heavy (non-hydrogen) atoms. The van der Waals surface area contributed by atoms with E-state index < -0.39 is 0 Å². The molecule has 0 amide bonds. The summed E-state index contributed by atoms with van der Waals surface area (Å²) in [5.41, 5.74) is 1.95. The minimum atomic E-state index is 0.129. The molecule has 1 aliphatic rings. The standard InChI is InChI=1S/C14H15NO3S/c16-5-4-11-9-19-14(15-11)10-2-3-12-13(8-10)18-7-1-6-17-12/h2-3,8-9,16H,1,4-7H2. The van der Waals surface area contributed by atoms with E-state index in [4.69, 9.17) is 14.6 Å². The van der Waals surface area contributed by atoms with Crippen LogP contribution in [0.15, 0.2) is 23.6 Å². The molecule has 2 heterocycles. The zero-order valence-electron chi connectivity index (χ0n) is 10.5. The quantitative estimate of drug-likeness (QED) is 0.936. The molecule has 100 valence electrons. The second-order valence-electron chi connectivity index (χ2n) is 4.33. The summed E-state index contributed by atoms with van der Waals surface area (Å²) >= 11 is 1.58. The van der Waals surface area contributed by atoms with Gasteiger partial charge in [-0.25, -0.2) is 4.98 Å². The lowest BCUT2D eigenvalue weighted by Gasteiger charge is -2.07. The maximum absolute atomic E-state index is 8.92. The third kappa shape index (κ3) is 2.72. The molecule has 1 N–H and O–H groups in total. The molecule has 3 rings (SSSR count). The summed E-state index contributed by atoms with van der Waals surface area (Å²) in [5.74, 6) is 1.59. The first-order chi connectivity index (χ1) is 9.36. The van der Waals surface area contributed by atoms with Gasteiger partial charge in [0, 0.05) is 30.4 Å². The number of rotatable bonds is 3. The molecule has 0 fully saturated rings. The van der Waals surface area contributed by atoms with Crippen LogP contribution in [-0.4, -0.2) is 29.9 Å². The van der Waals surface area contributed by atoms with Gasteiger partial charge in [0.15, 0.2) is 11.5 Å². The van der Waals surface area contributed by atoms with Crippen LogP contribution < -0.4 is 9.47 Å². The normalized spacial score (nSPS) is 14.2. The van der Waals surface area contributed by atoms with Crippen LogP contribution in [0.3, 0.4) is 0 Å². The van der Waals surface area contributed by atoms with Crippen LogP contribution >= 0.6 is 11.3 Å². The van der Waals surface area contributed by atoms with Crippen molar-refractivity contribution in [2.24, 2.45) is 0 Å². The molecule has 0 atom stereocenters. The first-order valence-corrected chi connectivity index (χ1v) is 7.20. The van der Waals surface area contributed by atoms with E-state index in [0.29, 0.717) is 19.6 Å². The maximum Gasteiger partial charge on any atom is 0.161 e. The Kier molecular flexibility index (Phi) is 3.66. The second kappa shape index (κ2) is 5.59. The van der Waals surface area contributed by atoms with Crippen molar-refractivity contribution in [2.45, 2.75) is 12.8 Å². The Morgan fingerprint density at radius 1 is 1.21 bits per heavy atom. The average Bonchev–Trinajstić information content (AvgIpc) is 2.76. The van der Waals surface area contributed by atoms with Crippen molar-refractivity contribution in [1.29, 1.82) is 0 Å². The number of hydrogen-bond acceptors (Lipinski definition) is 5. The average molecular weight is 277 g/mol. The van der Waals surface area contributed by atoms with Crippen molar-refractivity contribution < 1.29 is 14.6 Å². The Balaban J connectivity index is 1.89. The monoisotopic (exact) mass is 277 g/mol. The number of nitrogens with zero attached hydrogens (tertiary/aromatic N) is 1. The lowest BCUT2D eigenvalue weighted by atomic mass is 10.2. The number of thiazole rings is 1. The van der Waals surface area contributed by atoms with Crippen LogP contribution in [0.4, 0.5) is 0 Å². The van der Waals surface area contributed by atoms with Gasteiger partial charge in [0.2, 0.25) is 0 Å². The molecule has 4 nitrogen and oxygen atoms in total. The van der Waals surface area contributed by atoms with E-state index >= 15 is 0 Å². The van der Waals surface area contributed by atoms with Crippen molar-refractivity contribution in [3.8, 4) is 22.1 Å². The molecule has 2 aromatic rings. The highest BCUT2D eigenvalue weighted by Crippen LogP contribution is 2.35. The van der Waals surface area contributed by atoms with Crippen LogP contribution in [0.1, 0.15) is 12.1 Å². The smallest absolute Gasteiger partial charge is 0.161 e. The molecule has 0 aliphatic carbocycles. The number of hydrogen-bond donors (Lipinski definition) is 1. The van der Waals surface area contributed by atoms with E-state index in [2.05, 4.69) is 4.98 Å². The Labute approximate surface area is 115 Å². The lowest BCUT2D eigenvalue weighted by Crippen LogP contribution is -1.97. The van der Waals surface area contributed by atoms with Gasteiger partial charge in [0.1, 0.15) is 5.01 Å². The van der Waals surface area contributed by atoms with Gasteiger partial charge in [-0.3, -0.25) is 0 Å². The number of fused-ring (bicyclic) bond motifs is 1. The van der Waals surface area contributed by atoms with E-state index in [1.807, 2.05) is 23.6 Å². The van der Waals surface area contributed by atoms with Gasteiger partial charge in [-0.05, 0) is 18.2 Å². The highest BCUT2D eigenvalue weighted by atomic mass is 32.1. The molecule has 0 saturated carbocycles. The van der Waals surface area contributed by atoms with Crippen LogP contribution in [0, 0.1) is 0 Å². The minimum Gasteiger partial charge on any atom is -0.490 e. The molecule has 1 aromatic carbocycles. The van der Waals surface area contributed by atoms with E-state index in [1.165, 1.54) is 0 Å². The summed E-state index contributed by atoms with van der Waals surface area (Å²) in [6, 6.07) is 5.90. The van der Waals surface area contributed by atoms with Crippen LogP contribution in [0.2, 0.25) is 0 Å². The largest absolute Gasteiger partial charge is 0.490 e. The third-order valence-corrected chi connectivity index (χ3v) is 3.85. The number of aliphatic hydroxyl groups is 1. The fraction of sp³-hybridized carbons (Fsp3) is 0.357. The van der Waals surface area contributed by atoms with Crippen molar-refractivity contribution in [2.75, 3.05) is 19.8 Å².